The molecule has 0 unspecified atom stereocenters. The Bertz CT molecular complexity index is 366. The minimum atomic E-state index is -1.14. The van der Waals surface area contributed by atoms with E-state index in [0.29, 0.717) is 5.76 Å². The fraction of sp³-hybridized carbons (Fsp3) is 0.600. The molecule has 0 saturated carbocycles. The molecule has 0 fully saturated rings. The number of hydrogen-bond acceptors (Lipinski definition) is 4. The first-order chi connectivity index (χ1) is 6.36. The summed E-state index contributed by atoms with van der Waals surface area (Å²) in [5.41, 5.74) is -0.879. The van der Waals surface area contributed by atoms with E-state index >= 15 is 0 Å². The SMILES string of the molecule is CC(C)c1oc(C(C)(C)O)nc1C#N. The van der Waals surface area contributed by atoms with Gasteiger partial charge in [0.25, 0.3) is 0 Å². The maximum absolute atomic E-state index is 9.64. The normalized spacial score (nSPS) is 11.8. The summed E-state index contributed by atoms with van der Waals surface area (Å²) < 4.78 is 5.35. The minimum absolute atomic E-state index is 0.0910. The van der Waals surface area contributed by atoms with Crippen LogP contribution in [0.3, 0.4) is 0 Å². The second-order valence-electron chi connectivity index (χ2n) is 4.06. The lowest BCUT2D eigenvalue weighted by Crippen LogP contribution is -2.15. The van der Waals surface area contributed by atoms with E-state index in [-0.39, 0.29) is 17.5 Å². The summed E-state index contributed by atoms with van der Waals surface area (Å²) >= 11 is 0. The molecule has 0 bridgehead atoms. The molecule has 0 aromatic carbocycles. The van der Waals surface area contributed by atoms with Crippen molar-refractivity contribution < 1.29 is 9.52 Å². The molecule has 0 saturated heterocycles. The van der Waals surface area contributed by atoms with Gasteiger partial charge in [0.1, 0.15) is 17.4 Å². The van der Waals surface area contributed by atoms with Crippen molar-refractivity contribution in [3.05, 3.63) is 17.3 Å². The standard InChI is InChI=1S/C10H14N2O2/c1-6(2)8-7(5-11)12-9(14-8)10(3,4)13/h6,13H,1-4H3. The van der Waals surface area contributed by atoms with Crippen LogP contribution >= 0.6 is 0 Å². The zero-order valence-electron chi connectivity index (χ0n) is 8.83. The van der Waals surface area contributed by atoms with Gasteiger partial charge in [-0.1, -0.05) is 13.8 Å². The first-order valence-electron chi connectivity index (χ1n) is 4.50. The number of aliphatic hydroxyl groups is 1. The lowest BCUT2D eigenvalue weighted by Gasteiger charge is -2.11. The topological polar surface area (TPSA) is 70.1 Å². The summed E-state index contributed by atoms with van der Waals surface area (Å²) in [6.45, 7) is 6.97. The van der Waals surface area contributed by atoms with Crippen LogP contribution < -0.4 is 0 Å². The van der Waals surface area contributed by atoms with Gasteiger partial charge in [0.05, 0.1) is 0 Å². The van der Waals surface area contributed by atoms with Crippen molar-refractivity contribution in [3.63, 3.8) is 0 Å². The Hall–Kier alpha value is -1.34. The number of nitriles is 1. The molecule has 1 N–H and O–H groups in total. The van der Waals surface area contributed by atoms with Crippen LogP contribution in [0.4, 0.5) is 0 Å². The Morgan fingerprint density at radius 1 is 1.50 bits per heavy atom. The molecule has 0 aliphatic rings. The average Bonchev–Trinajstić information content (AvgIpc) is 2.45. The van der Waals surface area contributed by atoms with Gasteiger partial charge in [-0.05, 0) is 13.8 Å². The zero-order chi connectivity index (χ0) is 10.9. The van der Waals surface area contributed by atoms with Crippen LogP contribution in [-0.4, -0.2) is 10.1 Å². The molecule has 14 heavy (non-hydrogen) atoms. The summed E-state index contributed by atoms with van der Waals surface area (Å²) in [7, 11) is 0. The predicted molar refractivity (Wildman–Crippen MR) is 50.6 cm³/mol. The van der Waals surface area contributed by atoms with E-state index in [1.807, 2.05) is 19.9 Å². The van der Waals surface area contributed by atoms with Crippen molar-refractivity contribution in [1.29, 1.82) is 5.26 Å². The highest BCUT2D eigenvalue weighted by molar-refractivity contribution is 5.27. The molecule has 0 aliphatic heterocycles. The molecular formula is C10H14N2O2. The molecule has 1 aromatic heterocycles. The van der Waals surface area contributed by atoms with Crippen molar-refractivity contribution in [3.8, 4) is 6.07 Å². The molecule has 0 atom stereocenters. The second-order valence-corrected chi connectivity index (χ2v) is 4.06. The third-order valence-electron chi connectivity index (χ3n) is 1.81. The van der Waals surface area contributed by atoms with Gasteiger partial charge >= 0.3 is 0 Å². The number of rotatable bonds is 2. The molecule has 1 rings (SSSR count). The smallest absolute Gasteiger partial charge is 0.227 e. The summed E-state index contributed by atoms with van der Waals surface area (Å²) in [6, 6.07) is 1.95. The van der Waals surface area contributed by atoms with E-state index in [9.17, 15) is 5.11 Å². The largest absolute Gasteiger partial charge is 0.441 e. The third kappa shape index (κ3) is 1.94. The Morgan fingerprint density at radius 3 is 2.36 bits per heavy atom. The summed E-state index contributed by atoms with van der Waals surface area (Å²) in [6.07, 6.45) is 0. The Kier molecular flexibility index (Phi) is 2.63. The quantitative estimate of drug-likeness (QED) is 0.780. The molecule has 1 heterocycles. The van der Waals surface area contributed by atoms with Crippen LogP contribution in [0.15, 0.2) is 4.42 Å². The number of oxazole rings is 1. The molecule has 0 spiro atoms. The van der Waals surface area contributed by atoms with Crippen LogP contribution in [-0.2, 0) is 5.60 Å². The third-order valence-corrected chi connectivity index (χ3v) is 1.81. The summed E-state index contributed by atoms with van der Waals surface area (Å²) in [4.78, 5) is 3.94. The van der Waals surface area contributed by atoms with Crippen molar-refractivity contribution in [2.24, 2.45) is 0 Å². The maximum Gasteiger partial charge on any atom is 0.227 e. The molecule has 0 amide bonds. The molecule has 1 aromatic rings. The fourth-order valence-corrected chi connectivity index (χ4v) is 1.07. The van der Waals surface area contributed by atoms with Gasteiger partial charge in [-0.25, -0.2) is 0 Å². The number of aromatic nitrogens is 1. The highest BCUT2D eigenvalue weighted by Crippen LogP contribution is 2.26. The maximum atomic E-state index is 9.64. The Morgan fingerprint density at radius 2 is 2.07 bits per heavy atom. The highest BCUT2D eigenvalue weighted by atomic mass is 16.4. The van der Waals surface area contributed by atoms with E-state index in [2.05, 4.69) is 4.98 Å². The second kappa shape index (κ2) is 3.43. The summed E-state index contributed by atoms with van der Waals surface area (Å²) in [5.74, 6) is 0.815. The van der Waals surface area contributed by atoms with Gasteiger partial charge in [-0.3, -0.25) is 0 Å². The molecule has 4 heteroatoms. The molecule has 0 radical (unpaired) electrons. The van der Waals surface area contributed by atoms with E-state index in [0.717, 1.165) is 0 Å². The molecule has 0 aliphatic carbocycles. The number of hydrogen-bond donors (Lipinski definition) is 1. The molecule has 76 valence electrons. The van der Waals surface area contributed by atoms with Gasteiger partial charge in [0.15, 0.2) is 5.69 Å². The Balaban J connectivity index is 3.22. The van der Waals surface area contributed by atoms with Crippen LogP contribution in [0.5, 0.6) is 0 Å². The van der Waals surface area contributed by atoms with Gasteiger partial charge in [0, 0.05) is 5.92 Å². The van der Waals surface area contributed by atoms with Gasteiger partial charge in [-0.2, -0.15) is 10.2 Å². The monoisotopic (exact) mass is 194 g/mol. The fourth-order valence-electron chi connectivity index (χ4n) is 1.07. The van der Waals surface area contributed by atoms with E-state index < -0.39 is 5.60 Å². The minimum Gasteiger partial charge on any atom is -0.441 e. The van der Waals surface area contributed by atoms with Crippen LogP contribution in [0.25, 0.3) is 0 Å². The van der Waals surface area contributed by atoms with Crippen LogP contribution in [0.1, 0.15) is 51.0 Å². The van der Waals surface area contributed by atoms with Crippen LogP contribution in [0, 0.1) is 11.3 Å². The zero-order valence-corrected chi connectivity index (χ0v) is 8.83. The van der Waals surface area contributed by atoms with E-state index in [4.69, 9.17) is 9.68 Å². The molecule has 4 nitrogen and oxygen atoms in total. The van der Waals surface area contributed by atoms with Crippen molar-refractivity contribution in [2.45, 2.75) is 39.2 Å². The first-order valence-corrected chi connectivity index (χ1v) is 4.50. The van der Waals surface area contributed by atoms with E-state index in [1.54, 1.807) is 13.8 Å². The summed E-state index contributed by atoms with van der Waals surface area (Å²) in [5, 5.41) is 18.4. The van der Waals surface area contributed by atoms with Gasteiger partial charge < -0.3 is 9.52 Å². The Labute approximate surface area is 83.2 Å². The number of nitrogens with zero attached hydrogens (tertiary/aromatic N) is 2. The lowest BCUT2D eigenvalue weighted by molar-refractivity contribution is 0.0468. The van der Waals surface area contributed by atoms with Gasteiger partial charge in [-0.15, -0.1) is 0 Å². The van der Waals surface area contributed by atoms with Crippen molar-refractivity contribution in [1.82, 2.24) is 4.98 Å². The molecular weight excluding hydrogens is 180 g/mol. The van der Waals surface area contributed by atoms with Gasteiger partial charge in [0.2, 0.25) is 5.89 Å². The predicted octanol–water partition coefficient (Wildman–Crippen LogP) is 1.90. The average molecular weight is 194 g/mol. The van der Waals surface area contributed by atoms with Crippen LogP contribution in [0.2, 0.25) is 0 Å². The first kappa shape index (κ1) is 10.7. The van der Waals surface area contributed by atoms with E-state index in [1.165, 1.54) is 0 Å². The van der Waals surface area contributed by atoms with Crippen molar-refractivity contribution in [2.75, 3.05) is 0 Å². The van der Waals surface area contributed by atoms with Crippen molar-refractivity contribution >= 4 is 0 Å². The lowest BCUT2D eigenvalue weighted by atomic mass is 10.1. The highest BCUT2D eigenvalue weighted by Gasteiger charge is 2.26.